The molecule has 0 aliphatic heterocycles. The van der Waals surface area contributed by atoms with Gasteiger partial charge in [0.05, 0.1) is 30.4 Å². The standard InChI is InChI=1S/C20H28BrN3O5/c1-11(2)29-20(28)19-18(21)17(16(24-19)7-23-6-5-22)13-4-3-12(8-25)14(9-26)15(13)10-27/h3-4,11,23-27H,5-10,22H2,1-2H3. The van der Waals surface area contributed by atoms with Crippen LogP contribution in [0.4, 0.5) is 0 Å². The van der Waals surface area contributed by atoms with Gasteiger partial charge in [0.1, 0.15) is 5.69 Å². The van der Waals surface area contributed by atoms with Gasteiger partial charge in [0.25, 0.3) is 0 Å². The molecule has 0 bridgehead atoms. The fraction of sp³-hybridized carbons (Fsp3) is 0.450. The van der Waals surface area contributed by atoms with Crippen molar-refractivity contribution in [3.8, 4) is 11.1 Å². The van der Waals surface area contributed by atoms with Crippen LogP contribution >= 0.6 is 15.9 Å². The molecule has 1 heterocycles. The maximum absolute atomic E-state index is 12.5. The molecule has 7 N–H and O–H groups in total. The monoisotopic (exact) mass is 469 g/mol. The van der Waals surface area contributed by atoms with E-state index in [2.05, 4.69) is 26.2 Å². The van der Waals surface area contributed by atoms with E-state index in [1.165, 1.54) is 0 Å². The lowest BCUT2D eigenvalue weighted by molar-refractivity contribution is 0.0370. The Balaban J connectivity index is 2.66. The second kappa shape index (κ2) is 10.9. The van der Waals surface area contributed by atoms with Gasteiger partial charge in [-0.2, -0.15) is 0 Å². The predicted molar refractivity (Wildman–Crippen MR) is 113 cm³/mol. The molecule has 0 aliphatic carbocycles. The summed E-state index contributed by atoms with van der Waals surface area (Å²) in [4.78, 5) is 15.6. The summed E-state index contributed by atoms with van der Waals surface area (Å²) < 4.78 is 5.82. The number of halogens is 1. The van der Waals surface area contributed by atoms with E-state index < -0.39 is 5.97 Å². The van der Waals surface area contributed by atoms with Crippen molar-refractivity contribution >= 4 is 21.9 Å². The van der Waals surface area contributed by atoms with Crippen LogP contribution in [0.1, 0.15) is 46.7 Å². The number of carbonyl (C=O) groups is 1. The van der Waals surface area contributed by atoms with Gasteiger partial charge < -0.3 is 36.1 Å². The van der Waals surface area contributed by atoms with Crippen molar-refractivity contribution in [3.05, 3.63) is 44.7 Å². The van der Waals surface area contributed by atoms with Crippen LogP contribution in [-0.2, 0) is 31.1 Å². The Morgan fingerprint density at radius 1 is 1.21 bits per heavy atom. The van der Waals surface area contributed by atoms with Gasteiger partial charge in [-0.15, -0.1) is 0 Å². The highest BCUT2D eigenvalue weighted by Crippen LogP contribution is 2.39. The molecule has 2 aromatic rings. The largest absolute Gasteiger partial charge is 0.458 e. The molecule has 0 amide bonds. The molecule has 0 spiro atoms. The molecule has 0 saturated heterocycles. The van der Waals surface area contributed by atoms with Gasteiger partial charge >= 0.3 is 5.97 Å². The van der Waals surface area contributed by atoms with Crippen LogP contribution in [0.3, 0.4) is 0 Å². The number of hydrogen-bond acceptors (Lipinski definition) is 7. The molecule has 9 heteroatoms. The summed E-state index contributed by atoms with van der Waals surface area (Å²) in [7, 11) is 0. The maximum Gasteiger partial charge on any atom is 0.356 e. The fourth-order valence-corrected chi connectivity index (χ4v) is 3.88. The van der Waals surface area contributed by atoms with E-state index >= 15 is 0 Å². The summed E-state index contributed by atoms with van der Waals surface area (Å²) in [5.74, 6) is -0.502. The quantitative estimate of drug-likeness (QED) is 0.229. The van der Waals surface area contributed by atoms with E-state index in [0.29, 0.717) is 57.6 Å². The normalized spacial score (nSPS) is 11.3. The molecule has 1 aromatic heterocycles. The van der Waals surface area contributed by atoms with Crippen molar-refractivity contribution in [2.75, 3.05) is 13.1 Å². The molecule has 0 saturated carbocycles. The van der Waals surface area contributed by atoms with Crippen molar-refractivity contribution in [1.82, 2.24) is 10.3 Å². The van der Waals surface area contributed by atoms with E-state index in [-0.39, 0.29) is 31.6 Å². The van der Waals surface area contributed by atoms with Crippen LogP contribution in [0, 0.1) is 0 Å². The zero-order valence-corrected chi connectivity index (χ0v) is 18.2. The summed E-state index contributed by atoms with van der Waals surface area (Å²) in [6, 6.07) is 3.46. The zero-order valence-electron chi connectivity index (χ0n) is 16.6. The highest BCUT2D eigenvalue weighted by Gasteiger charge is 2.25. The third kappa shape index (κ3) is 5.25. The average molecular weight is 470 g/mol. The van der Waals surface area contributed by atoms with Crippen molar-refractivity contribution in [2.45, 2.75) is 46.3 Å². The van der Waals surface area contributed by atoms with E-state index in [0.717, 1.165) is 0 Å². The van der Waals surface area contributed by atoms with Gasteiger partial charge in [-0.25, -0.2) is 4.79 Å². The zero-order chi connectivity index (χ0) is 21.6. The molecule has 160 valence electrons. The number of aromatic amines is 1. The first kappa shape index (κ1) is 23.5. The van der Waals surface area contributed by atoms with Gasteiger partial charge in [-0.05, 0) is 52.0 Å². The number of carbonyl (C=O) groups excluding carboxylic acids is 1. The minimum Gasteiger partial charge on any atom is -0.458 e. The minimum absolute atomic E-state index is 0.256. The molecule has 2 rings (SSSR count). The Hall–Kier alpha value is -1.75. The Labute approximate surface area is 178 Å². The first-order valence-corrected chi connectivity index (χ1v) is 10.2. The van der Waals surface area contributed by atoms with Crippen molar-refractivity contribution in [2.24, 2.45) is 5.73 Å². The number of ether oxygens (including phenoxy) is 1. The molecule has 29 heavy (non-hydrogen) atoms. The van der Waals surface area contributed by atoms with Crippen LogP contribution < -0.4 is 11.1 Å². The van der Waals surface area contributed by atoms with Crippen LogP contribution in [0.25, 0.3) is 11.1 Å². The average Bonchev–Trinajstić information content (AvgIpc) is 3.02. The highest BCUT2D eigenvalue weighted by atomic mass is 79.9. The number of aliphatic hydroxyl groups is 3. The van der Waals surface area contributed by atoms with E-state index in [1.807, 2.05) is 0 Å². The summed E-state index contributed by atoms with van der Waals surface area (Å²) >= 11 is 3.51. The Kier molecular flexibility index (Phi) is 8.81. The first-order chi connectivity index (χ1) is 13.9. The molecular weight excluding hydrogens is 442 g/mol. The summed E-state index contributed by atoms with van der Waals surface area (Å²) in [5, 5.41) is 32.5. The molecule has 0 unspecified atom stereocenters. The van der Waals surface area contributed by atoms with E-state index in [1.54, 1.807) is 26.0 Å². The number of benzene rings is 1. The smallest absolute Gasteiger partial charge is 0.356 e. The van der Waals surface area contributed by atoms with Crippen LogP contribution in [0.5, 0.6) is 0 Å². The topological polar surface area (TPSA) is 141 Å². The third-order valence-corrected chi connectivity index (χ3v) is 5.26. The molecule has 1 aromatic carbocycles. The van der Waals surface area contributed by atoms with Crippen LogP contribution in [-0.4, -0.2) is 45.5 Å². The lowest BCUT2D eigenvalue weighted by atomic mass is 9.92. The van der Waals surface area contributed by atoms with Gasteiger partial charge in [0.15, 0.2) is 0 Å². The molecule has 0 atom stereocenters. The van der Waals surface area contributed by atoms with Gasteiger partial charge in [-0.3, -0.25) is 0 Å². The second-order valence-electron chi connectivity index (χ2n) is 6.79. The molecule has 0 radical (unpaired) electrons. The molecule has 0 aliphatic rings. The number of aliphatic hydroxyl groups excluding tert-OH is 3. The molecule has 0 fully saturated rings. The van der Waals surface area contributed by atoms with Crippen molar-refractivity contribution < 1.29 is 24.9 Å². The fourth-order valence-electron chi connectivity index (χ4n) is 3.17. The number of H-pyrrole nitrogens is 1. The third-order valence-electron chi connectivity index (χ3n) is 4.47. The Bertz CT molecular complexity index is 851. The Morgan fingerprint density at radius 3 is 2.45 bits per heavy atom. The van der Waals surface area contributed by atoms with Crippen LogP contribution in [0.15, 0.2) is 16.6 Å². The van der Waals surface area contributed by atoms with Crippen LogP contribution in [0.2, 0.25) is 0 Å². The SMILES string of the molecule is CC(C)OC(=O)c1[nH]c(CNCCN)c(-c2ccc(CO)c(CO)c2CO)c1Br. The first-order valence-electron chi connectivity index (χ1n) is 9.38. The van der Waals surface area contributed by atoms with Gasteiger partial charge in [0, 0.05) is 30.9 Å². The summed E-state index contributed by atoms with van der Waals surface area (Å²) in [6.07, 6.45) is -0.280. The van der Waals surface area contributed by atoms with Crippen molar-refractivity contribution in [3.63, 3.8) is 0 Å². The number of rotatable bonds is 10. The van der Waals surface area contributed by atoms with E-state index in [4.69, 9.17) is 10.5 Å². The number of aromatic nitrogens is 1. The van der Waals surface area contributed by atoms with Gasteiger partial charge in [-0.1, -0.05) is 12.1 Å². The van der Waals surface area contributed by atoms with E-state index in [9.17, 15) is 20.1 Å². The number of esters is 1. The molecule has 8 nitrogen and oxygen atoms in total. The summed E-state index contributed by atoms with van der Waals surface area (Å²) in [6.45, 7) is 4.06. The molecular formula is C20H28BrN3O5. The number of nitrogens with two attached hydrogens (primary N) is 1. The van der Waals surface area contributed by atoms with Crippen molar-refractivity contribution in [1.29, 1.82) is 0 Å². The summed E-state index contributed by atoms with van der Waals surface area (Å²) in [5.41, 5.74) is 9.33. The number of nitrogens with one attached hydrogen (secondary N) is 2. The lowest BCUT2D eigenvalue weighted by Crippen LogP contribution is -2.22. The lowest BCUT2D eigenvalue weighted by Gasteiger charge is -2.16. The highest BCUT2D eigenvalue weighted by molar-refractivity contribution is 9.10. The predicted octanol–water partition coefficient (Wildman–Crippen LogP) is 1.53. The minimum atomic E-state index is -0.502. The second-order valence-corrected chi connectivity index (χ2v) is 7.58. The number of hydrogen-bond donors (Lipinski definition) is 6. The van der Waals surface area contributed by atoms with Gasteiger partial charge in [0.2, 0.25) is 0 Å². The Morgan fingerprint density at radius 2 is 1.90 bits per heavy atom. The maximum atomic E-state index is 12.5.